The zero-order valence-corrected chi connectivity index (χ0v) is 15.3. The predicted octanol–water partition coefficient (Wildman–Crippen LogP) is 2.07. The predicted molar refractivity (Wildman–Crippen MR) is 102 cm³/mol. The number of benzene rings is 1. The molecule has 0 bridgehead atoms. The Hall–Kier alpha value is -2.47. The fourth-order valence-corrected chi connectivity index (χ4v) is 4.60. The summed E-state index contributed by atoms with van der Waals surface area (Å²) in [4.78, 5) is 17.0. The van der Waals surface area contributed by atoms with Gasteiger partial charge in [-0.3, -0.25) is 4.79 Å². The van der Waals surface area contributed by atoms with E-state index in [-0.39, 0.29) is 5.92 Å². The molecule has 0 aliphatic carbocycles. The van der Waals surface area contributed by atoms with Crippen LogP contribution in [0.15, 0.2) is 42.5 Å². The molecule has 3 unspecified atom stereocenters. The van der Waals surface area contributed by atoms with Gasteiger partial charge < -0.3 is 14.5 Å². The van der Waals surface area contributed by atoms with Crippen LogP contribution >= 0.6 is 0 Å². The zero-order chi connectivity index (χ0) is 18.2. The Labute approximate surface area is 159 Å². The van der Waals surface area contributed by atoms with Crippen molar-refractivity contribution < 1.29 is 9.53 Å². The molecule has 3 aliphatic heterocycles. The van der Waals surface area contributed by atoms with Gasteiger partial charge in [-0.25, -0.2) is 0 Å². The molecule has 6 nitrogen and oxygen atoms in total. The Morgan fingerprint density at radius 2 is 1.74 bits per heavy atom. The van der Waals surface area contributed by atoms with Crippen LogP contribution in [0.1, 0.15) is 6.42 Å². The topological polar surface area (TPSA) is 58.6 Å². The SMILES string of the molecule is O=C(C1CCOC1)N1CC2CN(c3ccc(-c4ccccc4)nn3)CC2C1. The number of carbonyl (C=O) groups excluding carboxylic acids is 1. The monoisotopic (exact) mass is 364 g/mol. The molecule has 1 aromatic carbocycles. The molecule has 0 saturated carbocycles. The van der Waals surface area contributed by atoms with Crippen molar-refractivity contribution in [2.75, 3.05) is 44.3 Å². The second-order valence-corrected chi connectivity index (χ2v) is 7.87. The first-order valence-electron chi connectivity index (χ1n) is 9.78. The summed E-state index contributed by atoms with van der Waals surface area (Å²) >= 11 is 0. The number of carbonyl (C=O) groups is 1. The van der Waals surface area contributed by atoms with Gasteiger partial charge in [-0.15, -0.1) is 10.2 Å². The van der Waals surface area contributed by atoms with Gasteiger partial charge in [-0.1, -0.05) is 30.3 Å². The highest BCUT2D eigenvalue weighted by Crippen LogP contribution is 2.34. The van der Waals surface area contributed by atoms with Gasteiger partial charge in [0, 0.05) is 50.2 Å². The van der Waals surface area contributed by atoms with Crippen molar-refractivity contribution in [3.63, 3.8) is 0 Å². The summed E-state index contributed by atoms with van der Waals surface area (Å²) < 4.78 is 5.38. The molecule has 3 saturated heterocycles. The maximum Gasteiger partial charge on any atom is 0.228 e. The third kappa shape index (κ3) is 3.18. The Morgan fingerprint density at radius 1 is 0.963 bits per heavy atom. The lowest BCUT2D eigenvalue weighted by Gasteiger charge is -2.24. The first-order valence-corrected chi connectivity index (χ1v) is 9.78. The Kier molecular flexibility index (Phi) is 4.28. The largest absolute Gasteiger partial charge is 0.381 e. The van der Waals surface area contributed by atoms with Gasteiger partial charge in [0.05, 0.1) is 18.2 Å². The molecular weight excluding hydrogens is 340 g/mol. The van der Waals surface area contributed by atoms with Crippen LogP contribution in [-0.4, -0.2) is 60.4 Å². The van der Waals surface area contributed by atoms with E-state index < -0.39 is 0 Å². The van der Waals surface area contributed by atoms with Crippen molar-refractivity contribution >= 4 is 11.7 Å². The second kappa shape index (κ2) is 6.93. The summed E-state index contributed by atoms with van der Waals surface area (Å²) in [5, 5.41) is 8.87. The average Bonchev–Trinajstić information content (AvgIpc) is 3.44. The van der Waals surface area contributed by atoms with Crippen LogP contribution < -0.4 is 4.90 Å². The smallest absolute Gasteiger partial charge is 0.228 e. The van der Waals surface area contributed by atoms with Crippen LogP contribution in [0.2, 0.25) is 0 Å². The summed E-state index contributed by atoms with van der Waals surface area (Å²) in [5.41, 5.74) is 1.98. The first-order chi connectivity index (χ1) is 13.3. The third-order valence-electron chi connectivity index (χ3n) is 6.12. The van der Waals surface area contributed by atoms with E-state index in [0.717, 1.165) is 56.3 Å². The van der Waals surface area contributed by atoms with Crippen LogP contribution in [0, 0.1) is 17.8 Å². The van der Waals surface area contributed by atoms with Gasteiger partial charge in [-0.2, -0.15) is 0 Å². The average molecular weight is 364 g/mol. The highest BCUT2D eigenvalue weighted by atomic mass is 16.5. The molecule has 3 atom stereocenters. The molecule has 0 spiro atoms. The normalized spacial score (nSPS) is 27.2. The molecule has 4 heterocycles. The highest BCUT2D eigenvalue weighted by Gasteiger charge is 2.43. The molecule has 0 radical (unpaired) electrons. The van der Waals surface area contributed by atoms with Gasteiger partial charge in [-0.05, 0) is 18.6 Å². The van der Waals surface area contributed by atoms with Gasteiger partial charge in [0.2, 0.25) is 5.91 Å². The Bertz CT molecular complexity index is 791. The molecule has 3 fully saturated rings. The standard InChI is InChI=1S/C21H24N4O2/c26-21(16-8-9-27-14-16)25-12-17-10-24(11-18(17)13-25)20-7-6-19(22-23-20)15-4-2-1-3-5-15/h1-7,16-18H,8-14H2. The molecule has 3 aliphatic rings. The number of likely N-dealkylation sites (tertiary alicyclic amines) is 1. The van der Waals surface area contributed by atoms with E-state index in [0.29, 0.717) is 24.3 Å². The lowest BCUT2D eigenvalue weighted by atomic mass is 10.0. The minimum absolute atomic E-state index is 0.0799. The van der Waals surface area contributed by atoms with Gasteiger partial charge in [0.25, 0.3) is 0 Å². The molecule has 140 valence electrons. The molecule has 1 aromatic heterocycles. The molecule has 6 heteroatoms. The summed E-state index contributed by atoms with van der Waals surface area (Å²) in [6.07, 6.45) is 0.875. The molecule has 5 rings (SSSR count). The molecule has 1 amide bonds. The van der Waals surface area contributed by atoms with E-state index in [4.69, 9.17) is 4.74 Å². The first kappa shape index (κ1) is 16.7. The van der Waals surface area contributed by atoms with Gasteiger partial charge in [0.15, 0.2) is 5.82 Å². The van der Waals surface area contributed by atoms with E-state index in [2.05, 4.69) is 26.1 Å². The third-order valence-corrected chi connectivity index (χ3v) is 6.12. The summed E-state index contributed by atoms with van der Waals surface area (Å²) in [7, 11) is 0. The number of ether oxygens (including phenoxy) is 1. The maximum atomic E-state index is 12.6. The summed E-state index contributed by atoms with van der Waals surface area (Å²) in [6, 6.07) is 14.2. The fourth-order valence-electron chi connectivity index (χ4n) is 4.60. The minimum Gasteiger partial charge on any atom is -0.381 e. The maximum absolute atomic E-state index is 12.6. The number of rotatable bonds is 3. The van der Waals surface area contributed by atoms with Crippen LogP contribution in [0.3, 0.4) is 0 Å². The molecule has 0 N–H and O–H groups in total. The van der Waals surface area contributed by atoms with E-state index in [9.17, 15) is 4.79 Å². The van der Waals surface area contributed by atoms with Crippen LogP contribution in [0.4, 0.5) is 5.82 Å². The molecule has 2 aromatic rings. The lowest BCUT2D eigenvalue weighted by molar-refractivity contribution is -0.134. The lowest BCUT2D eigenvalue weighted by Crippen LogP contribution is -2.37. The highest BCUT2D eigenvalue weighted by molar-refractivity contribution is 5.79. The molecule has 27 heavy (non-hydrogen) atoms. The van der Waals surface area contributed by atoms with Gasteiger partial charge in [0.1, 0.15) is 0 Å². The number of fused-ring (bicyclic) bond motifs is 1. The fraction of sp³-hybridized carbons (Fsp3) is 0.476. The second-order valence-electron chi connectivity index (χ2n) is 7.87. The number of amides is 1. The van der Waals surface area contributed by atoms with Crippen molar-refractivity contribution in [3.8, 4) is 11.3 Å². The van der Waals surface area contributed by atoms with E-state index >= 15 is 0 Å². The number of nitrogens with zero attached hydrogens (tertiary/aromatic N) is 4. The van der Waals surface area contributed by atoms with Crippen LogP contribution in [0.5, 0.6) is 0 Å². The summed E-state index contributed by atoms with van der Waals surface area (Å²) in [5.74, 6) is 2.38. The van der Waals surface area contributed by atoms with Crippen molar-refractivity contribution in [3.05, 3.63) is 42.5 Å². The van der Waals surface area contributed by atoms with E-state index in [1.165, 1.54) is 0 Å². The minimum atomic E-state index is 0.0799. The van der Waals surface area contributed by atoms with Crippen LogP contribution in [-0.2, 0) is 9.53 Å². The Morgan fingerprint density at radius 3 is 2.37 bits per heavy atom. The van der Waals surface area contributed by atoms with Crippen molar-refractivity contribution in [2.24, 2.45) is 17.8 Å². The van der Waals surface area contributed by atoms with E-state index in [1.54, 1.807) is 0 Å². The van der Waals surface area contributed by atoms with Crippen molar-refractivity contribution in [1.29, 1.82) is 0 Å². The van der Waals surface area contributed by atoms with Crippen molar-refractivity contribution in [1.82, 2.24) is 15.1 Å². The number of hydrogen-bond acceptors (Lipinski definition) is 5. The number of aromatic nitrogens is 2. The summed E-state index contributed by atoms with van der Waals surface area (Å²) in [6.45, 7) is 4.96. The van der Waals surface area contributed by atoms with Crippen LogP contribution in [0.25, 0.3) is 11.3 Å². The zero-order valence-electron chi connectivity index (χ0n) is 15.3. The Balaban J connectivity index is 1.22. The van der Waals surface area contributed by atoms with E-state index in [1.807, 2.05) is 36.4 Å². The van der Waals surface area contributed by atoms with Crippen molar-refractivity contribution in [2.45, 2.75) is 6.42 Å². The van der Waals surface area contributed by atoms with Gasteiger partial charge >= 0.3 is 0 Å². The number of hydrogen-bond donors (Lipinski definition) is 0. The quantitative estimate of drug-likeness (QED) is 0.835. The molecular formula is C21H24N4O2. The number of anilines is 1.